The molecule has 0 rings (SSSR count). The van der Waals surface area contributed by atoms with E-state index >= 15 is 0 Å². The molecule has 0 aromatic rings. The van der Waals surface area contributed by atoms with Crippen LogP contribution in [-0.4, -0.2) is 11.6 Å². The number of carbonyl (C=O) groups excluding carboxylic acids is 1. The Morgan fingerprint density at radius 3 is 2.06 bits per heavy atom. The highest BCUT2D eigenvalue weighted by atomic mass is 16.6. The van der Waals surface area contributed by atoms with E-state index in [9.17, 15) is 4.79 Å². The van der Waals surface area contributed by atoms with Gasteiger partial charge in [-0.3, -0.25) is 4.79 Å². The quantitative estimate of drug-likeness (QED) is 0.660. The molecule has 0 radical (unpaired) electrons. The van der Waals surface area contributed by atoms with Crippen LogP contribution in [0.4, 0.5) is 0 Å². The Balaban J connectivity index is 4.06. The van der Waals surface area contributed by atoms with Crippen LogP contribution in [0, 0.1) is 11.3 Å². The minimum atomic E-state index is -0.321. The molecule has 0 fully saturated rings. The number of hydrogen-bond acceptors (Lipinski definition) is 2. The Morgan fingerprint density at radius 1 is 1.19 bits per heavy atom. The standard InChI is InChI=1S/C14H28O2/c1-8-14(6,7)16-12(15)9-11(2)10-13(3,4)5/h11H,8-10H2,1-7H3. The van der Waals surface area contributed by atoms with Crippen molar-refractivity contribution in [3.8, 4) is 0 Å². The van der Waals surface area contributed by atoms with Crippen molar-refractivity contribution < 1.29 is 9.53 Å². The highest BCUT2D eigenvalue weighted by Crippen LogP contribution is 2.26. The van der Waals surface area contributed by atoms with Gasteiger partial charge in [-0.05, 0) is 38.0 Å². The molecule has 0 saturated heterocycles. The minimum Gasteiger partial charge on any atom is -0.460 e. The summed E-state index contributed by atoms with van der Waals surface area (Å²) in [5, 5.41) is 0. The molecular weight excluding hydrogens is 200 g/mol. The molecule has 0 heterocycles. The summed E-state index contributed by atoms with van der Waals surface area (Å²) in [5.74, 6) is 0.323. The summed E-state index contributed by atoms with van der Waals surface area (Å²) in [5.41, 5.74) is -0.0431. The fourth-order valence-corrected chi connectivity index (χ4v) is 1.82. The zero-order valence-corrected chi connectivity index (χ0v) is 12.0. The van der Waals surface area contributed by atoms with Crippen LogP contribution in [0.15, 0.2) is 0 Å². The lowest BCUT2D eigenvalue weighted by atomic mass is 9.84. The second kappa shape index (κ2) is 5.70. The summed E-state index contributed by atoms with van der Waals surface area (Å²) in [6.45, 7) is 14.7. The highest BCUT2D eigenvalue weighted by molar-refractivity contribution is 5.70. The smallest absolute Gasteiger partial charge is 0.306 e. The summed E-state index contributed by atoms with van der Waals surface area (Å²) in [4.78, 5) is 11.7. The predicted octanol–water partition coefficient (Wildman–Crippen LogP) is 4.18. The number of carbonyl (C=O) groups is 1. The van der Waals surface area contributed by atoms with Crippen molar-refractivity contribution in [1.29, 1.82) is 0 Å². The molecule has 0 aromatic heterocycles. The molecule has 1 atom stereocenters. The van der Waals surface area contributed by atoms with Gasteiger partial charge in [0, 0.05) is 6.42 Å². The van der Waals surface area contributed by atoms with Crippen molar-refractivity contribution in [2.75, 3.05) is 0 Å². The van der Waals surface area contributed by atoms with Crippen LogP contribution in [0.2, 0.25) is 0 Å². The Hall–Kier alpha value is -0.530. The molecule has 0 spiro atoms. The molecule has 0 aromatic carbocycles. The van der Waals surface area contributed by atoms with Gasteiger partial charge >= 0.3 is 5.97 Å². The van der Waals surface area contributed by atoms with E-state index in [0.717, 1.165) is 12.8 Å². The molecule has 1 unspecified atom stereocenters. The van der Waals surface area contributed by atoms with E-state index in [1.54, 1.807) is 0 Å². The zero-order valence-electron chi connectivity index (χ0n) is 12.0. The second-order valence-corrected chi connectivity index (χ2v) is 6.66. The van der Waals surface area contributed by atoms with Crippen molar-refractivity contribution in [1.82, 2.24) is 0 Å². The largest absolute Gasteiger partial charge is 0.460 e. The summed E-state index contributed by atoms with van der Waals surface area (Å²) in [7, 11) is 0. The molecule has 0 aliphatic heterocycles. The third-order valence-electron chi connectivity index (χ3n) is 2.72. The molecular formula is C14H28O2. The average molecular weight is 228 g/mol. The molecule has 0 N–H and O–H groups in total. The Kier molecular flexibility index (Phi) is 5.51. The molecule has 0 saturated carbocycles. The maximum atomic E-state index is 11.7. The normalized spacial score (nSPS) is 14.7. The molecule has 2 heteroatoms. The lowest BCUT2D eigenvalue weighted by Gasteiger charge is -2.26. The van der Waals surface area contributed by atoms with Gasteiger partial charge in [0.15, 0.2) is 0 Å². The number of ether oxygens (including phenoxy) is 1. The third-order valence-corrected chi connectivity index (χ3v) is 2.72. The SMILES string of the molecule is CCC(C)(C)OC(=O)CC(C)CC(C)(C)C. The van der Waals surface area contributed by atoms with Gasteiger partial charge in [0.1, 0.15) is 5.60 Å². The van der Waals surface area contributed by atoms with E-state index in [1.165, 1.54) is 0 Å². The summed E-state index contributed by atoms with van der Waals surface area (Å²) in [6, 6.07) is 0. The van der Waals surface area contributed by atoms with Crippen molar-refractivity contribution in [3.05, 3.63) is 0 Å². The lowest BCUT2D eigenvalue weighted by molar-refractivity contribution is -0.157. The topological polar surface area (TPSA) is 26.3 Å². The van der Waals surface area contributed by atoms with Crippen LogP contribution in [0.3, 0.4) is 0 Å². The maximum Gasteiger partial charge on any atom is 0.306 e. The van der Waals surface area contributed by atoms with E-state index in [2.05, 4.69) is 27.7 Å². The Morgan fingerprint density at radius 2 is 1.69 bits per heavy atom. The Bertz CT molecular complexity index is 223. The van der Waals surface area contributed by atoms with E-state index in [-0.39, 0.29) is 17.0 Å². The molecule has 16 heavy (non-hydrogen) atoms. The van der Waals surface area contributed by atoms with Gasteiger partial charge in [-0.25, -0.2) is 0 Å². The number of esters is 1. The van der Waals surface area contributed by atoms with Gasteiger partial charge in [0.25, 0.3) is 0 Å². The van der Waals surface area contributed by atoms with Crippen LogP contribution >= 0.6 is 0 Å². The van der Waals surface area contributed by atoms with Gasteiger partial charge < -0.3 is 4.74 Å². The first-order valence-electron chi connectivity index (χ1n) is 6.27. The van der Waals surface area contributed by atoms with Crippen molar-refractivity contribution >= 4 is 5.97 Å². The maximum absolute atomic E-state index is 11.7. The average Bonchev–Trinajstić information content (AvgIpc) is 1.98. The molecule has 0 aliphatic carbocycles. The van der Waals surface area contributed by atoms with E-state index < -0.39 is 0 Å². The summed E-state index contributed by atoms with van der Waals surface area (Å²) < 4.78 is 5.43. The van der Waals surface area contributed by atoms with Crippen molar-refractivity contribution in [2.24, 2.45) is 11.3 Å². The summed E-state index contributed by atoms with van der Waals surface area (Å²) >= 11 is 0. The molecule has 0 aliphatic rings. The highest BCUT2D eigenvalue weighted by Gasteiger charge is 2.23. The fraction of sp³-hybridized carbons (Fsp3) is 0.929. The third kappa shape index (κ3) is 7.72. The van der Waals surface area contributed by atoms with Crippen LogP contribution < -0.4 is 0 Å². The first-order valence-corrected chi connectivity index (χ1v) is 6.27. The number of hydrogen-bond donors (Lipinski definition) is 0. The van der Waals surface area contributed by atoms with E-state index in [1.807, 2.05) is 20.8 Å². The van der Waals surface area contributed by atoms with Gasteiger partial charge in [-0.15, -0.1) is 0 Å². The first-order chi connectivity index (χ1) is 7.06. The molecule has 96 valence electrons. The van der Waals surface area contributed by atoms with Gasteiger partial charge in [0.05, 0.1) is 0 Å². The van der Waals surface area contributed by atoms with E-state index in [4.69, 9.17) is 4.74 Å². The van der Waals surface area contributed by atoms with Gasteiger partial charge in [0.2, 0.25) is 0 Å². The van der Waals surface area contributed by atoms with Gasteiger partial charge in [-0.2, -0.15) is 0 Å². The monoisotopic (exact) mass is 228 g/mol. The second-order valence-electron chi connectivity index (χ2n) is 6.66. The fourth-order valence-electron chi connectivity index (χ4n) is 1.82. The molecule has 2 nitrogen and oxygen atoms in total. The Labute approximate surface area is 101 Å². The molecule has 0 bridgehead atoms. The van der Waals surface area contributed by atoms with E-state index in [0.29, 0.717) is 12.3 Å². The van der Waals surface area contributed by atoms with Gasteiger partial charge in [-0.1, -0.05) is 34.6 Å². The first kappa shape index (κ1) is 15.5. The predicted molar refractivity (Wildman–Crippen MR) is 68.3 cm³/mol. The number of rotatable bonds is 5. The zero-order chi connectivity index (χ0) is 13.0. The molecule has 0 amide bonds. The van der Waals surface area contributed by atoms with Crippen LogP contribution in [0.5, 0.6) is 0 Å². The van der Waals surface area contributed by atoms with Crippen LogP contribution in [-0.2, 0) is 9.53 Å². The minimum absolute atomic E-state index is 0.0661. The summed E-state index contributed by atoms with van der Waals surface area (Å²) in [6.07, 6.45) is 2.43. The lowest BCUT2D eigenvalue weighted by Crippen LogP contribution is -2.28. The van der Waals surface area contributed by atoms with Crippen molar-refractivity contribution in [2.45, 2.75) is 73.3 Å². The van der Waals surface area contributed by atoms with Crippen LogP contribution in [0.1, 0.15) is 67.7 Å². The van der Waals surface area contributed by atoms with Crippen molar-refractivity contribution in [3.63, 3.8) is 0 Å². The van der Waals surface area contributed by atoms with Crippen LogP contribution in [0.25, 0.3) is 0 Å².